The van der Waals surface area contributed by atoms with Crippen molar-refractivity contribution in [3.63, 3.8) is 0 Å². The second kappa shape index (κ2) is 8.26. The Morgan fingerprint density at radius 3 is 2.33 bits per heavy atom. The highest BCUT2D eigenvalue weighted by molar-refractivity contribution is 5.89. The van der Waals surface area contributed by atoms with Crippen LogP contribution < -0.4 is 16.0 Å². The van der Waals surface area contributed by atoms with Crippen LogP contribution in [0.1, 0.15) is 24.9 Å². The third kappa shape index (κ3) is 5.43. The van der Waals surface area contributed by atoms with Crippen LogP contribution in [-0.4, -0.2) is 44.5 Å². The molecule has 1 aromatic carbocycles. The SMILES string of the molecule is CNC(=O)CCN(C)C(=O)Nc1ccc(C(C)NC)cc1. The smallest absolute Gasteiger partial charge is 0.321 e. The largest absolute Gasteiger partial charge is 0.359 e. The fraction of sp³-hybridized carbons (Fsp3) is 0.467. The van der Waals surface area contributed by atoms with E-state index in [9.17, 15) is 9.59 Å². The van der Waals surface area contributed by atoms with Gasteiger partial charge in [0, 0.05) is 38.8 Å². The van der Waals surface area contributed by atoms with Crippen LogP contribution in [0.5, 0.6) is 0 Å². The van der Waals surface area contributed by atoms with E-state index in [0.717, 1.165) is 11.3 Å². The maximum atomic E-state index is 12.0. The molecule has 0 saturated carbocycles. The van der Waals surface area contributed by atoms with E-state index < -0.39 is 0 Å². The molecule has 0 radical (unpaired) electrons. The summed E-state index contributed by atoms with van der Waals surface area (Å²) in [6.45, 7) is 2.44. The van der Waals surface area contributed by atoms with Crippen molar-refractivity contribution in [3.8, 4) is 0 Å². The summed E-state index contributed by atoms with van der Waals surface area (Å²) in [5, 5.41) is 8.49. The predicted molar refractivity (Wildman–Crippen MR) is 84.2 cm³/mol. The number of hydrogen-bond acceptors (Lipinski definition) is 3. The Kier molecular flexibility index (Phi) is 6.68. The van der Waals surface area contributed by atoms with Crippen LogP contribution in [0.25, 0.3) is 0 Å². The first-order valence-electron chi connectivity index (χ1n) is 6.97. The maximum absolute atomic E-state index is 12.0. The highest BCUT2D eigenvalue weighted by atomic mass is 16.2. The molecule has 21 heavy (non-hydrogen) atoms. The summed E-state index contributed by atoms with van der Waals surface area (Å²) in [7, 11) is 5.15. The minimum Gasteiger partial charge on any atom is -0.359 e. The van der Waals surface area contributed by atoms with E-state index >= 15 is 0 Å². The summed E-state index contributed by atoms with van der Waals surface area (Å²) in [5.41, 5.74) is 1.89. The van der Waals surface area contributed by atoms with Crippen molar-refractivity contribution in [1.29, 1.82) is 0 Å². The topological polar surface area (TPSA) is 73.5 Å². The molecule has 3 N–H and O–H groups in total. The Morgan fingerprint density at radius 2 is 1.81 bits per heavy atom. The highest BCUT2D eigenvalue weighted by Gasteiger charge is 2.10. The van der Waals surface area contributed by atoms with Crippen molar-refractivity contribution in [1.82, 2.24) is 15.5 Å². The Morgan fingerprint density at radius 1 is 1.19 bits per heavy atom. The van der Waals surface area contributed by atoms with Crippen LogP contribution in [0, 0.1) is 0 Å². The van der Waals surface area contributed by atoms with Gasteiger partial charge in [0.15, 0.2) is 0 Å². The van der Waals surface area contributed by atoms with Gasteiger partial charge in [-0.1, -0.05) is 12.1 Å². The summed E-state index contributed by atoms with van der Waals surface area (Å²) in [6.07, 6.45) is 0.291. The van der Waals surface area contributed by atoms with Crippen LogP contribution in [-0.2, 0) is 4.79 Å². The molecule has 1 atom stereocenters. The number of urea groups is 1. The summed E-state index contributed by atoms with van der Waals surface area (Å²) in [6, 6.07) is 7.72. The molecular weight excluding hydrogens is 268 g/mol. The number of carbonyl (C=O) groups excluding carboxylic acids is 2. The zero-order chi connectivity index (χ0) is 15.8. The molecule has 6 nitrogen and oxygen atoms in total. The van der Waals surface area contributed by atoms with Crippen molar-refractivity contribution in [2.24, 2.45) is 0 Å². The lowest BCUT2D eigenvalue weighted by molar-refractivity contribution is -0.120. The summed E-state index contributed by atoms with van der Waals surface area (Å²) < 4.78 is 0. The summed E-state index contributed by atoms with van der Waals surface area (Å²) in [5.74, 6) is -0.0833. The van der Waals surface area contributed by atoms with Crippen LogP contribution >= 0.6 is 0 Å². The van der Waals surface area contributed by atoms with Gasteiger partial charge in [-0.25, -0.2) is 4.79 Å². The molecule has 0 bridgehead atoms. The zero-order valence-electron chi connectivity index (χ0n) is 13.1. The number of amides is 3. The van der Waals surface area contributed by atoms with Gasteiger partial charge in [-0.05, 0) is 31.7 Å². The van der Waals surface area contributed by atoms with Crippen LogP contribution in [0.3, 0.4) is 0 Å². The van der Waals surface area contributed by atoms with Crippen LogP contribution in [0.15, 0.2) is 24.3 Å². The fourth-order valence-electron chi connectivity index (χ4n) is 1.74. The van der Waals surface area contributed by atoms with Gasteiger partial charge in [-0.15, -0.1) is 0 Å². The van der Waals surface area contributed by atoms with Crippen molar-refractivity contribution in [2.45, 2.75) is 19.4 Å². The molecular formula is C15H24N4O2. The van der Waals surface area contributed by atoms with Crippen molar-refractivity contribution in [3.05, 3.63) is 29.8 Å². The lowest BCUT2D eigenvalue weighted by Gasteiger charge is -2.18. The van der Waals surface area contributed by atoms with Crippen LogP contribution in [0.4, 0.5) is 10.5 Å². The number of hydrogen-bond donors (Lipinski definition) is 3. The first-order chi connectivity index (χ1) is 9.97. The van der Waals surface area contributed by atoms with Gasteiger partial charge in [-0.3, -0.25) is 4.79 Å². The Balaban J connectivity index is 2.52. The van der Waals surface area contributed by atoms with Crippen LogP contribution in [0.2, 0.25) is 0 Å². The van der Waals surface area contributed by atoms with E-state index in [-0.39, 0.29) is 18.0 Å². The molecule has 0 heterocycles. The van der Waals surface area contributed by atoms with E-state index in [4.69, 9.17) is 0 Å². The maximum Gasteiger partial charge on any atom is 0.321 e. The minimum atomic E-state index is -0.228. The standard InChI is InChI=1S/C15H24N4O2/c1-11(16-2)12-5-7-13(8-6-12)18-15(21)19(4)10-9-14(20)17-3/h5-8,11,16H,9-10H2,1-4H3,(H,17,20)(H,18,21). The molecule has 0 aliphatic rings. The molecule has 116 valence electrons. The molecule has 0 aromatic heterocycles. The highest BCUT2D eigenvalue weighted by Crippen LogP contribution is 2.15. The Labute approximate surface area is 125 Å². The molecule has 0 saturated heterocycles. The number of rotatable bonds is 6. The summed E-state index contributed by atoms with van der Waals surface area (Å²) >= 11 is 0. The number of benzene rings is 1. The normalized spacial score (nSPS) is 11.6. The first-order valence-corrected chi connectivity index (χ1v) is 6.97. The lowest BCUT2D eigenvalue weighted by Crippen LogP contribution is -2.34. The van der Waals surface area contributed by atoms with Gasteiger partial charge >= 0.3 is 6.03 Å². The second-order valence-corrected chi connectivity index (χ2v) is 4.91. The monoisotopic (exact) mass is 292 g/mol. The van der Waals surface area contributed by atoms with Gasteiger partial charge in [0.2, 0.25) is 5.91 Å². The predicted octanol–water partition coefficient (Wildman–Crippen LogP) is 1.57. The van der Waals surface area contributed by atoms with Gasteiger partial charge in [0.1, 0.15) is 0 Å². The molecule has 0 aliphatic carbocycles. The molecule has 6 heteroatoms. The van der Waals surface area contributed by atoms with E-state index in [1.807, 2.05) is 31.3 Å². The quantitative estimate of drug-likeness (QED) is 0.745. The number of nitrogens with one attached hydrogen (secondary N) is 3. The molecule has 0 fully saturated rings. The van der Waals surface area contributed by atoms with E-state index in [1.165, 1.54) is 4.90 Å². The third-order valence-electron chi connectivity index (χ3n) is 3.39. The Bertz CT molecular complexity index is 473. The lowest BCUT2D eigenvalue weighted by atomic mass is 10.1. The minimum absolute atomic E-state index is 0.0833. The number of carbonyl (C=O) groups is 2. The molecule has 0 spiro atoms. The number of anilines is 1. The summed E-state index contributed by atoms with van der Waals surface area (Å²) in [4.78, 5) is 24.6. The van der Waals surface area contributed by atoms with E-state index in [1.54, 1.807) is 14.1 Å². The van der Waals surface area contributed by atoms with Crippen molar-refractivity contribution in [2.75, 3.05) is 33.0 Å². The average molecular weight is 292 g/mol. The molecule has 3 amide bonds. The van der Waals surface area contributed by atoms with Crippen molar-refractivity contribution >= 4 is 17.6 Å². The van der Waals surface area contributed by atoms with E-state index in [0.29, 0.717) is 13.0 Å². The average Bonchev–Trinajstić information content (AvgIpc) is 2.51. The van der Waals surface area contributed by atoms with E-state index in [2.05, 4.69) is 22.9 Å². The Hall–Kier alpha value is -2.08. The number of nitrogens with zero attached hydrogens (tertiary/aromatic N) is 1. The van der Waals surface area contributed by atoms with Gasteiger partial charge in [-0.2, -0.15) is 0 Å². The molecule has 1 rings (SSSR count). The zero-order valence-corrected chi connectivity index (χ0v) is 13.1. The van der Waals surface area contributed by atoms with Gasteiger partial charge in [0.05, 0.1) is 0 Å². The first kappa shape index (κ1) is 17.0. The van der Waals surface area contributed by atoms with Gasteiger partial charge < -0.3 is 20.9 Å². The molecule has 0 aliphatic heterocycles. The van der Waals surface area contributed by atoms with Crippen molar-refractivity contribution < 1.29 is 9.59 Å². The van der Waals surface area contributed by atoms with Gasteiger partial charge in [0.25, 0.3) is 0 Å². The molecule has 1 unspecified atom stereocenters. The second-order valence-electron chi connectivity index (χ2n) is 4.91. The fourth-order valence-corrected chi connectivity index (χ4v) is 1.74. The third-order valence-corrected chi connectivity index (χ3v) is 3.39. The molecule has 1 aromatic rings.